The van der Waals surface area contributed by atoms with Gasteiger partial charge in [-0.15, -0.1) is 0 Å². The second-order valence-electron chi connectivity index (χ2n) is 4.65. The standard InChI is InChI=1S/C14H17BrClNO/c1-2-17(11-5-3-4-6-11)14(18)12-9-10(16)7-8-13(12)15/h7-9,11H,2-6H2,1H3. The normalized spacial score (nSPS) is 15.9. The summed E-state index contributed by atoms with van der Waals surface area (Å²) in [6, 6.07) is 5.76. The van der Waals surface area contributed by atoms with Crippen molar-refractivity contribution in [3.63, 3.8) is 0 Å². The van der Waals surface area contributed by atoms with Gasteiger partial charge in [-0.1, -0.05) is 24.4 Å². The molecule has 0 aromatic heterocycles. The van der Waals surface area contributed by atoms with Crippen LogP contribution in [0.4, 0.5) is 0 Å². The lowest BCUT2D eigenvalue weighted by atomic mass is 10.1. The molecule has 0 atom stereocenters. The number of nitrogens with zero attached hydrogens (tertiary/aromatic N) is 1. The molecule has 0 radical (unpaired) electrons. The Bertz CT molecular complexity index is 443. The number of carbonyl (C=O) groups excluding carboxylic acids is 1. The van der Waals surface area contributed by atoms with Crippen LogP contribution < -0.4 is 0 Å². The van der Waals surface area contributed by atoms with Crippen molar-refractivity contribution in [3.8, 4) is 0 Å². The summed E-state index contributed by atoms with van der Waals surface area (Å²) in [5, 5.41) is 0.601. The quantitative estimate of drug-likeness (QED) is 0.798. The average molecular weight is 331 g/mol. The van der Waals surface area contributed by atoms with Gasteiger partial charge in [0.05, 0.1) is 5.56 Å². The summed E-state index contributed by atoms with van der Waals surface area (Å²) in [5.74, 6) is 0.0822. The molecule has 18 heavy (non-hydrogen) atoms. The van der Waals surface area contributed by atoms with Gasteiger partial charge in [-0.2, -0.15) is 0 Å². The van der Waals surface area contributed by atoms with E-state index in [0.717, 1.165) is 23.9 Å². The molecule has 0 saturated heterocycles. The minimum absolute atomic E-state index is 0.0822. The molecule has 4 heteroatoms. The van der Waals surface area contributed by atoms with Crippen molar-refractivity contribution in [1.29, 1.82) is 0 Å². The van der Waals surface area contributed by atoms with Gasteiger partial charge in [0.25, 0.3) is 5.91 Å². The van der Waals surface area contributed by atoms with Crippen molar-refractivity contribution in [2.75, 3.05) is 6.54 Å². The third-order valence-corrected chi connectivity index (χ3v) is 4.45. The maximum atomic E-state index is 12.6. The minimum atomic E-state index is 0.0822. The third-order valence-electron chi connectivity index (χ3n) is 3.53. The van der Waals surface area contributed by atoms with E-state index in [0.29, 0.717) is 16.6 Å². The highest BCUT2D eigenvalue weighted by Gasteiger charge is 2.27. The van der Waals surface area contributed by atoms with Crippen LogP contribution in [0, 0.1) is 0 Å². The molecule has 0 aliphatic heterocycles. The number of halogens is 2. The molecule has 1 amide bonds. The van der Waals surface area contributed by atoms with E-state index in [4.69, 9.17) is 11.6 Å². The van der Waals surface area contributed by atoms with Crippen molar-refractivity contribution >= 4 is 33.4 Å². The van der Waals surface area contributed by atoms with Gasteiger partial charge in [0.2, 0.25) is 0 Å². The number of rotatable bonds is 3. The summed E-state index contributed by atoms with van der Waals surface area (Å²) in [6.07, 6.45) is 4.70. The molecule has 1 aliphatic rings. The minimum Gasteiger partial charge on any atom is -0.336 e. The Morgan fingerprint density at radius 3 is 2.72 bits per heavy atom. The molecular weight excluding hydrogens is 314 g/mol. The zero-order chi connectivity index (χ0) is 13.1. The summed E-state index contributed by atoms with van der Waals surface area (Å²) >= 11 is 9.41. The highest BCUT2D eigenvalue weighted by atomic mass is 79.9. The Kier molecular flexibility index (Phi) is 4.68. The first-order valence-corrected chi connectivity index (χ1v) is 7.56. The molecule has 0 heterocycles. The third kappa shape index (κ3) is 2.89. The van der Waals surface area contributed by atoms with E-state index in [2.05, 4.69) is 15.9 Å². The summed E-state index contributed by atoms with van der Waals surface area (Å²) in [6.45, 7) is 2.79. The Balaban J connectivity index is 2.25. The van der Waals surface area contributed by atoms with E-state index in [1.165, 1.54) is 12.8 Å². The van der Waals surface area contributed by atoms with Crippen molar-refractivity contribution in [2.24, 2.45) is 0 Å². The highest BCUT2D eigenvalue weighted by molar-refractivity contribution is 9.10. The highest BCUT2D eigenvalue weighted by Crippen LogP contribution is 2.28. The van der Waals surface area contributed by atoms with E-state index in [1.54, 1.807) is 12.1 Å². The molecule has 1 fully saturated rings. The zero-order valence-electron chi connectivity index (χ0n) is 10.5. The van der Waals surface area contributed by atoms with Gasteiger partial charge in [-0.05, 0) is 53.9 Å². The fourth-order valence-electron chi connectivity index (χ4n) is 2.60. The summed E-state index contributed by atoms with van der Waals surface area (Å²) in [5.41, 5.74) is 0.663. The number of hydrogen-bond acceptors (Lipinski definition) is 1. The topological polar surface area (TPSA) is 20.3 Å². The fourth-order valence-corrected chi connectivity index (χ4v) is 3.19. The number of carbonyl (C=O) groups is 1. The first-order valence-electron chi connectivity index (χ1n) is 6.39. The molecule has 0 N–H and O–H groups in total. The van der Waals surface area contributed by atoms with E-state index in [-0.39, 0.29) is 5.91 Å². The molecule has 1 aliphatic carbocycles. The molecule has 1 saturated carbocycles. The van der Waals surface area contributed by atoms with E-state index in [9.17, 15) is 4.79 Å². The molecule has 2 nitrogen and oxygen atoms in total. The van der Waals surface area contributed by atoms with Gasteiger partial charge in [0, 0.05) is 22.1 Å². The maximum absolute atomic E-state index is 12.6. The summed E-state index contributed by atoms with van der Waals surface area (Å²) in [4.78, 5) is 14.5. The number of hydrogen-bond donors (Lipinski definition) is 0. The van der Waals surface area contributed by atoms with Gasteiger partial charge in [-0.25, -0.2) is 0 Å². The van der Waals surface area contributed by atoms with Crippen LogP contribution in [0.5, 0.6) is 0 Å². The average Bonchev–Trinajstić information content (AvgIpc) is 2.87. The molecule has 0 unspecified atom stereocenters. The summed E-state index contributed by atoms with van der Waals surface area (Å²) < 4.78 is 0.813. The SMILES string of the molecule is CCN(C(=O)c1cc(Cl)ccc1Br)C1CCCC1. The smallest absolute Gasteiger partial charge is 0.255 e. The van der Waals surface area contributed by atoms with E-state index >= 15 is 0 Å². The van der Waals surface area contributed by atoms with Gasteiger partial charge in [-0.3, -0.25) is 4.79 Å². The second-order valence-corrected chi connectivity index (χ2v) is 5.94. The second kappa shape index (κ2) is 6.07. The predicted octanol–water partition coefficient (Wildman–Crippen LogP) is 4.51. The largest absolute Gasteiger partial charge is 0.336 e. The van der Waals surface area contributed by atoms with Crippen LogP contribution in [0.25, 0.3) is 0 Å². The first kappa shape index (κ1) is 13.9. The Morgan fingerprint density at radius 2 is 2.11 bits per heavy atom. The lowest BCUT2D eigenvalue weighted by molar-refractivity contribution is 0.0692. The Hall–Kier alpha value is -0.540. The maximum Gasteiger partial charge on any atom is 0.255 e. The van der Waals surface area contributed by atoms with Crippen molar-refractivity contribution < 1.29 is 4.79 Å². The first-order chi connectivity index (χ1) is 8.63. The van der Waals surface area contributed by atoms with Crippen LogP contribution in [-0.2, 0) is 0 Å². The molecule has 0 bridgehead atoms. The van der Waals surface area contributed by atoms with Crippen LogP contribution >= 0.6 is 27.5 Å². The van der Waals surface area contributed by atoms with Crippen LogP contribution in [0.1, 0.15) is 43.0 Å². The van der Waals surface area contributed by atoms with Crippen molar-refractivity contribution in [2.45, 2.75) is 38.6 Å². The Morgan fingerprint density at radius 1 is 1.44 bits per heavy atom. The summed E-state index contributed by atoms with van der Waals surface area (Å²) in [7, 11) is 0. The Labute approximate surface area is 121 Å². The number of benzene rings is 1. The van der Waals surface area contributed by atoms with Crippen molar-refractivity contribution in [1.82, 2.24) is 4.90 Å². The van der Waals surface area contributed by atoms with Gasteiger partial charge in [0.15, 0.2) is 0 Å². The van der Waals surface area contributed by atoms with Crippen molar-refractivity contribution in [3.05, 3.63) is 33.3 Å². The lowest BCUT2D eigenvalue weighted by Gasteiger charge is -2.28. The monoisotopic (exact) mass is 329 g/mol. The molecule has 98 valence electrons. The van der Waals surface area contributed by atoms with Crippen LogP contribution in [0.2, 0.25) is 5.02 Å². The van der Waals surface area contributed by atoms with Crippen LogP contribution in [-0.4, -0.2) is 23.4 Å². The molecule has 1 aromatic rings. The van der Waals surface area contributed by atoms with Crippen LogP contribution in [0.3, 0.4) is 0 Å². The van der Waals surface area contributed by atoms with E-state index < -0.39 is 0 Å². The zero-order valence-corrected chi connectivity index (χ0v) is 12.8. The fraction of sp³-hybridized carbons (Fsp3) is 0.500. The van der Waals surface area contributed by atoms with Gasteiger partial charge < -0.3 is 4.90 Å². The lowest BCUT2D eigenvalue weighted by Crippen LogP contribution is -2.38. The number of amides is 1. The van der Waals surface area contributed by atoms with Gasteiger partial charge >= 0.3 is 0 Å². The molecule has 2 rings (SSSR count). The predicted molar refractivity (Wildman–Crippen MR) is 78.1 cm³/mol. The molecular formula is C14H17BrClNO. The molecule has 0 spiro atoms. The van der Waals surface area contributed by atoms with Crippen LogP contribution in [0.15, 0.2) is 22.7 Å². The van der Waals surface area contributed by atoms with E-state index in [1.807, 2.05) is 17.9 Å². The van der Waals surface area contributed by atoms with Gasteiger partial charge in [0.1, 0.15) is 0 Å². The molecule has 1 aromatic carbocycles.